The van der Waals surface area contributed by atoms with Crippen molar-refractivity contribution in [3.05, 3.63) is 84.3 Å². The Labute approximate surface area is 150 Å². The number of hydrogen-bond acceptors (Lipinski definition) is 4. The fourth-order valence-corrected chi connectivity index (χ4v) is 2.93. The van der Waals surface area contributed by atoms with E-state index in [4.69, 9.17) is 0 Å². The third-order valence-electron chi connectivity index (χ3n) is 4.24. The molecule has 0 spiro atoms. The lowest BCUT2D eigenvalue weighted by atomic mass is 10.2. The summed E-state index contributed by atoms with van der Waals surface area (Å²) in [6.45, 7) is 0.597. The van der Waals surface area contributed by atoms with Gasteiger partial charge < -0.3 is 5.32 Å². The van der Waals surface area contributed by atoms with E-state index >= 15 is 0 Å². The zero-order chi connectivity index (χ0) is 17.9. The monoisotopic (exact) mass is 345 g/mol. The number of nitrogens with zero attached hydrogens (tertiary/aromatic N) is 2. The molecule has 0 fully saturated rings. The number of amidine groups is 1. The van der Waals surface area contributed by atoms with Gasteiger partial charge in [-0.2, -0.15) is 4.99 Å². The number of hydrogen-bond donors (Lipinski definition) is 2. The zero-order valence-corrected chi connectivity index (χ0v) is 13.9. The molecule has 0 saturated carbocycles. The molecule has 0 saturated heterocycles. The third-order valence-corrected chi connectivity index (χ3v) is 4.24. The summed E-state index contributed by atoms with van der Waals surface area (Å²) in [6.07, 6.45) is 6.44. The number of nitrogens with one attached hydrogen (secondary N) is 2. The van der Waals surface area contributed by atoms with Gasteiger partial charge in [0.05, 0.1) is 0 Å². The van der Waals surface area contributed by atoms with Crippen LogP contribution in [-0.4, -0.2) is 24.7 Å². The van der Waals surface area contributed by atoms with Crippen LogP contribution in [0.25, 0.3) is 0 Å². The minimum Gasteiger partial charge on any atom is -0.320 e. The van der Waals surface area contributed by atoms with Gasteiger partial charge in [0, 0.05) is 29.2 Å². The van der Waals surface area contributed by atoms with E-state index in [1.807, 2.05) is 71.9 Å². The maximum Gasteiger partial charge on any atom is 0.280 e. The highest BCUT2D eigenvalue weighted by Crippen LogP contribution is 2.17. The number of aldehydes is 1. The van der Waals surface area contributed by atoms with Crippen LogP contribution in [0, 0.1) is 0 Å². The number of amides is 1. The number of benzene rings is 2. The van der Waals surface area contributed by atoms with Crippen molar-refractivity contribution in [1.82, 2.24) is 0 Å². The first-order valence-corrected chi connectivity index (χ1v) is 8.26. The first kappa shape index (κ1) is 16.0. The van der Waals surface area contributed by atoms with Gasteiger partial charge in [0.25, 0.3) is 5.91 Å². The summed E-state index contributed by atoms with van der Waals surface area (Å²) in [6, 6.07) is 16.7. The molecular formula is C20H17N4O2+. The summed E-state index contributed by atoms with van der Waals surface area (Å²) >= 11 is 0. The van der Waals surface area contributed by atoms with Gasteiger partial charge >= 0.3 is 0 Å². The van der Waals surface area contributed by atoms with E-state index in [0.717, 1.165) is 28.4 Å². The van der Waals surface area contributed by atoms with Crippen molar-refractivity contribution >= 4 is 29.4 Å². The molecule has 0 bridgehead atoms. The number of fused-ring (bicyclic) bond motifs is 1. The van der Waals surface area contributed by atoms with Crippen molar-refractivity contribution in [2.24, 2.45) is 4.99 Å². The van der Waals surface area contributed by atoms with Crippen molar-refractivity contribution in [3.63, 3.8) is 0 Å². The van der Waals surface area contributed by atoms with Gasteiger partial charge in [-0.3, -0.25) is 14.5 Å². The molecule has 6 nitrogen and oxygen atoms in total. The van der Waals surface area contributed by atoms with Crippen LogP contribution in [-0.2, 0) is 4.79 Å². The largest absolute Gasteiger partial charge is 0.320 e. The molecule has 2 aliphatic heterocycles. The second kappa shape index (κ2) is 6.78. The summed E-state index contributed by atoms with van der Waals surface area (Å²) in [5, 5.41) is 2.85. The second-order valence-electron chi connectivity index (χ2n) is 6.03. The predicted octanol–water partition coefficient (Wildman–Crippen LogP) is 1.57. The smallest absolute Gasteiger partial charge is 0.280 e. The number of quaternary nitrogens is 1. The Kier molecular flexibility index (Phi) is 4.17. The lowest BCUT2D eigenvalue weighted by molar-refractivity contribution is -0.742. The van der Waals surface area contributed by atoms with Gasteiger partial charge in [0.1, 0.15) is 12.5 Å². The molecule has 2 heterocycles. The van der Waals surface area contributed by atoms with Crippen molar-refractivity contribution in [3.8, 4) is 0 Å². The normalized spacial score (nSPS) is 18.0. The van der Waals surface area contributed by atoms with Gasteiger partial charge in [-0.15, -0.1) is 0 Å². The number of anilines is 2. The highest BCUT2D eigenvalue weighted by Gasteiger charge is 2.30. The lowest BCUT2D eigenvalue weighted by Crippen LogP contribution is -3.11. The maximum atomic E-state index is 12.4. The van der Waals surface area contributed by atoms with Crippen LogP contribution in [0.2, 0.25) is 0 Å². The molecule has 0 aromatic heterocycles. The first-order chi connectivity index (χ1) is 12.7. The van der Waals surface area contributed by atoms with Gasteiger partial charge in [-0.1, -0.05) is 30.3 Å². The maximum absolute atomic E-state index is 12.4. The molecule has 2 aromatic rings. The standard InChI is InChI=1S/C20H16N4O2/c25-13-15-5-4-8-17(11-15)23-10-9-19-22-18(12-24(19)14-23)20(26)21-16-6-2-1-3-7-16/h1-13H,14H2,(H,21,26)/p+1. The van der Waals surface area contributed by atoms with Gasteiger partial charge in [-0.05, 0) is 24.3 Å². The molecule has 2 N–H and O–H groups in total. The van der Waals surface area contributed by atoms with E-state index < -0.39 is 0 Å². The van der Waals surface area contributed by atoms with Crippen LogP contribution in [0.3, 0.4) is 0 Å². The molecule has 128 valence electrons. The summed E-state index contributed by atoms with van der Waals surface area (Å²) < 4.78 is 0. The summed E-state index contributed by atoms with van der Waals surface area (Å²) in [5.41, 5.74) is 2.69. The molecule has 0 aliphatic carbocycles. The molecule has 1 atom stereocenters. The van der Waals surface area contributed by atoms with Crippen LogP contribution in [0.15, 0.2) is 83.8 Å². The number of rotatable bonds is 4. The molecule has 2 aliphatic rings. The van der Waals surface area contributed by atoms with E-state index in [0.29, 0.717) is 17.9 Å². The second-order valence-corrected chi connectivity index (χ2v) is 6.03. The van der Waals surface area contributed by atoms with E-state index in [1.54, 1.807) is 6.07 Å². The molecule has 0 radical (unpaired) electrons. The van der Waals surface area contributed by atoms with Crippen molar-refractivity contribution in [1.29, 1.82) is 0 Å². The fraction of sp³-hybridized carbons (Fsp3) is 0.0500. The van der Waals surface area contributed by atoms with E-state index in [1.165, 1.54) is 0 Å². The topological polar surface area (TPSA) is 66.2 Å². The number of para-hydroxylation sites is 1. The van der Waals surface area contributed by atoms with E-state index in [2.05, 4.69) is 10.3 Å². The molecule has 2 aromatic carbocycles. The van der Waals surface area contributed by atoms with Gasteiger partial charge in [0.2, 0.25) is 5.84 Å². The number of carbonyl (C=O) groups is 2. The molecule has 1 unspecified atom stereocenters. The Morgan fingerprint density at radius 1 is 1.15 bits per heavy atom. The first-order valence-electron chi connectivity index (χ1n) is 8.26. The quantitative estimate of drug-likeness (QED) is 0.827. The average Bonchev–Trinajstić information content (AvgIpc) is 3.12. The highest BCUT2D eigenvalue weighted by molar-refractivity contribution is 6.06. The third kappa shape index (κ3) is 3.18. The molecule has 26 heavy (non-hydrogen) atoms. The fourth-order valence-electron chi connectivity index (χ4n) is 2.93. The van der Waals surface area contributed by atoms with Crippen LogP contribution in [0.4, 0.5) is 11.4 Å². The Bertz CT molecular complexity index is 947. The van der Waals surface area contributed by atoms with Gasteiger partial charge in [0.15, 0.2) is 12.4 Å². The molecular weight excluding hydrogens is 328 g/mol. The Morgan fingerprint density at radius 3 is 2.81 bits per heavy atom. The minimum atomic E-state index is -0.228. The van der Waals surface area contributed by atoms with Gasteiger partial charge in [-0.25, -0.2) is 4.90 Å². The Hall–Kier alpha value is -3.51. The average molecular weight is 345 g/mol. The molecule has 4 rings (SSSR count). The molecule has 6 heteroatoms. The lowest BCUT2D eigenvalue weighted by Gasteiger charge is -2.26. The minimum absolute atomic E-state index is 0.228. The van der Waals surface area contributed by atoms with Crippen molar-refractivity contribution in [2.45, 2.75) is 0 Å². The van der Waals surface area contributed by atoms with E-state index in [-0.39, 0.29) is 5.91 Å². The number of aliphatic imine (C=N–C) groups is 1. The van der Waals surface area contributed by atoms with Crippen LogP contribution in [0.1, 0.15) is 10.4 Å². The van der Waals surface area contributed by atoms with Crippen molar-refractivity contribution in [2.75, 3.05) is 16.9 Å². The summed E-state index contributed by atoms with van der Waals surface area (Å²) in [7, 11) is 0. The van der Waals surface area contributed by atoms with E-state index in [9.17, 15) is 9.59 Å². The number of carbonyl (C=O) groups excluding carboxylic acids is 2. The Balaban J connectivity index is 1.50. The Morgan fingerprint density at radius 2 is 2.00 bits per heavy atom. The van der Waals surface area contributed by atoms with Crippen LogP contribution < -0.4 is 15.1 Å². The SMILES string of the molecule is O=Cc1cccc(N2C=CC3=NC(C(=O)Nc4ccccc4)=C[NH+]3C2)c1. The van der Waals surface area contributed by atoms with Crippen LogP contribution >= 0.6 is 0 Å². The summed E-state index contributed by atoms with van der Waals surface area (Å²) in [4.78, 5) is 30.8. The summed E-state index contributed by atoms with van der Waals surface area (Å²) in [5.74, 6) is 0.569. The molecule has 1 amide bonds. The highest BCUT2D eigenvalue weighted by atomic mass is 16.2. The zero-order valence-electron chi connectivity index (χ0n) is 13.9. The van der Waals surface area contributed by atoms with Crippen LogP contribution in [0.5, 0.6) is 0 Å². The van der Waals surface area contributed by atoms with Crippen molar-refractivity contribution < 1.29 is 14.5 Å². The predicted molar refractivity (Wildman–Crippen MR) is 99.9 cm³/mol.